The molecule has 2 heterocycles. The number of aromatic nitrogens is 1. The van der Waals surface area contributed by atoms with Gasteiger partial charge in [-0.3, -0.25) is 4.98 Å². The lowest BCUT2D eigenvalue weighted by Gasteiger charge is -2.01. The first-order valence-corrected chi connectivity index (χ1v) is 5.52. The Kier molecular flexibility index (Phi) is 2.82. The molecule has 2 rings (SSSR count). The van der Waals surface area contributed by atoms with Gasteiger partial charge < -0.3 is 4.74 Å². The van der Waals surface area contributed by atoms with Crippen molar-refractivity contribution in [1.29, 1.82) is 0 Å². The van der Waals surface area contributed by atoms with Crippen molar-refractivity contribution in [2.45, 2.75) is 0 Å². The lowest BCUT2D eigenvalue weighted by Crippen LogP contribution is -2.02. The zero-order chi connectivity index (χ0) is 11.0. The number of rotatable bonds is 1. The Morgan fingerprint density at radius 2 is 2.27 bits per heavy atom. The minimum absolute atomic E-state index is 0.255. The van der Waals surface area contributed by atoms with Crippen molar-refractivity contribution in [3.8, 4) is 0 Å². The van der Waals surface area contributed by atoms with Crippen molar-refractivity contribution in [2.24, 2.45) is 0 Å². The fraction of sp³-hybridized carbons (Fsp3) is 0.111. The van der Waals surface area contributed by atoms with E-state index < -0.39 is 5.97 Å². The highest BCUT2D eigenvalue weighted by molar-refractivity contribution is 7.23. The second-order valence-corrected chi connectivity index (χ2v) is 4.80. The van der Waals surface area contributed by atoms with Gasteiger partial charge in [0, 0.05) is 6.20 Å². The smallest absolute Gasteiger partial charge is 0.341 e. The van der Waals surface area contributed by atoms with E-state index in [-0.39, 0.29) is 5.56 Å². The van der Waals surface area contributed by atoms with Crippen LogP contribution >= 0.6 is 34.5 Å². The number of methoxy groups -OCH3 is 1. The van der Waals surface area contributed by atoms with Gasteiger partial charge in [0.05, 0.1) is 32.2 Å². The van der Waals surface area contributed by atoms with Crippen LogP contribution in [-0.2, 0) is 4.74 Å². The van der Waals surface area contributed by atoms with Crippen molar-refractivity contribution in [3.05, 3.63) is 27.2 Å². The van der Waals surface area contributed by atoms with Crippen LogP contribution in [0.1, 0.15) is 10.4 Å². The monoisotopic (exact) mass is 261 g/mol. The van der Waals surface area contributed by atoms with Gasteiger partial charge in [-0.15, -0.1) is 11.3 Å². The number of esters is 1. The number of nitrogens with zero attached hydrogens (tertiary/aromatic N) is 1. The summed E-state index contributed by atoms with van der Waals surface area (Å²) in [6.45, 7) is 0. The van der Waals surface area contributed by atoms with Gasteiger partial charge in [-0.25, -0.2) is 4.79 Å². The molecule has 0 saturated carbocycles. The van der Waals surface area contributed by atoms with Crippen LogP contribution in [-0.4, -0.2) is 18.1 Å². The Morgan fingerprint density at radius 3 is 2.93 bits per heavy atom. The van der Waals surface area contributed by atoms with E-state index in [4.69, 9.17) is 23.2 Å². The summed E-state index contributed by atoms with van der Waals surface area (Å²) in [5, 5.41) is 0.337. The van der Waals surface area contributed by atoms with Gasteiger partial charge in [0.2, 0.25) is 0 Å². The summed E-state index contributed by atoms with van der Waals surface area (Å²) in [5.41, 5.74) is 0.938. The molecule has 0 unspecified atom stereocenters. The average molecular weight is 262 g/mol. The molecular weight excluding hydrogens is 257 g/mol. The van der Waals surface area contributed by atoms with E-state index in [1.807, 2.05) is 0 Å². The van der Waals surface area contributed by atoms with Gasteiger partial charge in [0.25, 0.3) is 0 Å². The molecule has 0 radical (unpaired) electrons. The van der Waals surface area contributed by atoms with Crippen molar-refractivity contribution in [3.63, 3.8) is 0 Å². The maximum Gasteiger partial charge on any atom is 0.341 e. The highest BCUT2D eigenvalue weighted by Crippen LogP contribution is 2.35. The first-order chi connectivity index (χ1) is 7.13. The van der Waals surface area contributed by atoms with E-state index in [1.165, 1.54) is 24.6 Å². The Morgan fingerprint density at radius 1 is 1.53 bits per heavy atom. The summed E-state index contributed by atoms with van der Waals surface area (Å²) in [6, 6.07) is 1.70. The van der Waals surface area contributed by atoms with Crippen LogP contribution in [0, 0.1) is 0 Å². The summed E-state index contributed by atoms with van der Waals surface area (Å²) in [4.78, 5) is 15.4. The molecule has 78 valence electrons. The maximum absolute atomic E-state index is 11.3. The molecule has 0 aliphatic heterocycles. The Balaban J connectivity index is 2.69. The third-order valence-electron chi connectivity index (χ3n) is 1.86. The molecule has 6 heteroatoms. The van der Waals surface area contributed by atoms with Gasteiger partial charge in [0.15, 0.2) is 0 Å². The number of ether oxygens (including phenoxy) is 1. The zero-order valence-electron chi connectivity index (χ0n) is 7.58. The number of hydrogen-bond acceptors (Lipinski definition) is 4. The molecule has 0 saturated heterocycles. The molecule has 0 spiro atoms. The summed E-state index contributed by atoms with van der Waals surface area (Å²) in [7, 11) is 1.30. The first-order valence-electron chi connectivity index (χ1n) is 3.95. The SMILES string of the molecule is COC(=O)c1cnc2cc(Cl)sc2c1Cl. The lowest BCUT2D eigenvalue weighted by atomic mass is 10.2. The van der Waals surface area contributed by atoms with Crippen molar-refractivity contribution in [2.75, 3.05) is 7.11 Å². The van der Waals surface area contributed by atoms with Gasteiger partial charge in [-0.2, -0.15) is 0 Å². The highest BCUT2D eigenvalue weighted by atomic mass is 35.5. The fourth-order valence-electron chi connectivity index (χ4n) is 1.17. The molecule has 2 aromatic heterocycles. The molecule has 0 aliphatic carbocycles. The number of thiophene rings is 1. The number of halogens is 2. The molecule has 3 nitrogen and oxygen atoms in total. The third-order valence-corrected chi connectivity index (χ3v) is 3.63. The Bertz CT molecular complexity index is 538. The van der Waals surface area contributed by atoms with E-state index >= 15 is 0 Å². The number of hydrogen-bond donors (Lipinski definition) is 0. The van der Waals surface area contributed by atoms with E-state index in [9.17, 15) is 4.79 Å². The Labute approximate surface area is 99.6 Å². The van der Waals surface area contributed by atoms with Crippen LogP contribution in [0.3, 0.4) is 0 Å². The molecule has 0 bridgehead atoms. The van der Waals surface area contributed by atoms with E-state index in [2.05, 4.69) is 9.72 Å². The van der Waals surface area contributed by atoms with Gasteiger partial charge in [-0.05, 0) is 6.07 Å². The van der Waals surface area contributed by atoms with Crippen LogP contribution in [0.5, 0.6) is 0 Å². The molecule has 0 atom stereocenters. The number of fused-ring (bicyclic) bond motifs is 1. The van der Waals surface area contributed by atoms with E-state index in [0.29, 0.717) is 19.6 Å². The van der Waals surface area contributed by atoms with Gasteiger partial charge >= 0.3 is 5.97 Å². The second kappa shape index (κ2) is 3.96. The molecule has 0 N–H and O–H groups in total. The molecule has 0 aliphatic rings. The lowest BCUT2D eigenvalue weighted by molar-refractivity contribution is 0.0600. The van der Waals surface area contributed by atoms with Crippen LogP contribution in [0.15, 0.2) is 12.3 Å². The van der Waals surface area contributed by atoms with E-state index in [1.54, 1.807) is 6.07 Å². The fourth-order valence-corrected chi connectivity index (χ4v) is 2.63. The van der Waals surface area contributed by atoms with Crippen LogP contribution in [0.2, 0.25) is 9.36 Å². The first kappa shape index (κ1) is 10.7. The number of pyridine rings is 1. The highest BCUT2D eigenvalue weighted by Gasteiger charge is 2.15. The molecule has 2 aromatic rings. The third kappa shape index (κ3) is 1.80. The van der Waals surface area contributed by atoms with Gasteiger partial charge in [-0.1, -0.05) is 23.2 Å². The van der Waals surface area contributed by atoms with E-state index in [0.717, 1.165) is 0 Å². The van der Waals surface area contributed by atoms with Gasteiger partial charge in [0.1, 0.15) is 0 Å². The summed E-state index contributed by atoms with van der Waals surface area (Å²) in [6.07, 6.45) is 1.39. The summed E-state index contributed by atoms with van der Waals surface area (Å²) < 4.78 is 5.86. The van der Waals surface area contributed by atoms with Crippen molar-refractivity contribution in [1.82, 2.24) is 4.98 Å². The van der Waals surface area contributed by atoms with Crippen molar-refractivity contribution < 1.29 is 9.53 Å². The predicted molar refractivity (Wildman–Crippen MR) is 61.0 cm³/mol. The predicted octanol–water partition coefficient (Wildman–Crippen LogP) is 3.39. The molecule has 15 heavy (non-hydrogen) atoms. The standard InChI is InChI=1S/C9H5Cl2NO2S/c1-14-9(13)4-3-12-5-2-6(10)15-8(5)7(4)11/h2-3H,1H3. The van der Waals surface area contributed by atoms with Crippen LogP contribution < -0.4 is 0 Å². The molecular formula is C9H5Cl2NO2S. The quantitative estimate of drug-likeness (QED) is 0.739. The minimum Gasteiger partial charge on any atom is -0.465 e. The summed E-state index contributed by atoms with van der Waals surface area (Å²) >= 11 is 13.1. The maximum atomic E-state index is 11.3. The largest absolute Gasteiger partial charge is 0.465 e. The second-order valence-electron chi connectivity index (χ2n) is 2.74. The number of carbonyl (C=O) groups excluding carboxylic acids is 1. The molecule has 0 fully saturated rings. The summed E-state index contributed by atoms with van der Waals surface area (Å²) in [5.74, 6) is -0.501. The van der Waals surface area contributed by atoms with Crippen LogP contribution in [0.4, 0.5) is 0 Å². The normalized spacial score (nSPS) is 10.6. The molecule has 0 aromatic carbocycles. The number of carbonyl (C=O) groups is 1. The average Bonchev–Trinajstić information content (AvgIpc) is 2.59. The minimum atomic E-state index is -0.501. The topological polar surface area (TPSA) is 39.2 Å². The molecule has 0 amide bonds. The van der Waals surface area contributed by atoms with Crippen molar-refractivity contribution >= 4 is 50.7 Å². The van der Waals surface area contributed by atoms with Crippen LogP contribution in [0.25, 0.3) is 10.2 Å². The zero-order valence-corrected chi connectivity index (χ0v) is 9.91. The Hall–Kier alpha value is -0.840.